The van der Waals surface area contributed by atoms with E-state index in [1.807, 2.05) is 13.8 Å². The standard InChI is InChI=1S/C12H17NO2S/c1-5-12(2,3)15-10-6-8-11(9-7-10)16(14)13-4/h5-9,13H,1H2,2-4H3. The molecule has 0 heterocycles. The minimum absolute atomic E-state index is 0.399. The van der Waals surface area contributed by atoms with Gasteiger partial charge in [0.2, 0.25) is 0 Å². The van der Waals surface area contributed by atoms with Crippen molar-refractivity contribution in [2.24, 2.45) is 0 Å². The Bertz CT molecular complexity index is 385. The SMILES string of the molecule is C=CC(C)(C)Oc1ccc(S(=O)NC)cc1. The fourth-order valence-electron chi connectivity index (χ4n) is 1.09. The van der Waals surface area contributed by atoms with Gasteiger partial charge in [0.15, 0.2) is 0 Å². The van der Waals surface area contributed by atoms with Gasteiger partial charge in [-0.3, -0.25) is 0 Å². The molecule has 3 nitrogen and oxygen atoms in total. The third-order valence-electron chi connectivity index (χ3n) is 2.10. The normalized spacial score (nSPS) is 13.2. The van der Waals surface area contributed by atoms with Crippen LogP contribution in [-0.4, -0.2) is 16.9 Å². The van der Waals surface area contributed by atoms with E-state index in [0.717, 1.165) is 10.6 Å². The molecule has 16 heavy (non-hydrogen) atoms. The van der Waals surface area contributed by atoms with Crippen LogP contribution in [0.5, 0.6) is 5.75 Å². The fraction of sp³-hybridized carbons (Fsp3) is 0.333. The van der Waals surface area contributed by atoms with E-state index in [4.69, 9.17) is 4.74 Å². The van der Waals surface area contributed by atoms with Crippen LogP contribution in [0, 0.1) is 0 Å². The van der Waals surface area contributed by atoms with Gasteiger partial charge < -0.3 is 4.74 Å². The summed E-state index contributed by atoms with van der Waals surface area (Å²) in [6, 6.07) is 7.16. The second-order valence-corrected chi connectivity index (χ2v) is 5.27. The van der Waals surface area contributed by atoms with Crippen molar-refractivity contribution in [3.05, 3.63) is 36.9 Å². The maximum atomic E-state index is 11.4. The molecule has 1 unspecified atom stereocenters. The molecular weight excluding hydrogens is 222 g/mol. The highest BCUT2D eigenvalue weighted by molar-refractivity contribution is 7.83. The first-order valence-corrected chi connectivity index (χ1v) is 6.15. The summed E-state index contributed by atoms with van der Waals surface area (Å²) in [5.74, 6) is 0.738. The monoisotopic (exact) mass is 239 g/mol. The Morgan fingerprint density at radius 3 is 2.38 bits per heavy atom. The van der Waals surface area contributed by atoms with Crippen molar-refractivity contribution in [3.63, 3.8) is 0 Å². The summed E-state index contributed by atoms with van der Waals surface area (Å²) in [5.41, 5.74) is -0.399. The highest BCUT2D eigenvalue weighted by atomic mass is 32.2. The number of benzene rings is 1. The zero-order chi connectivity index (χ0) is 12.2. The molecule has 1 aromatic rings. The van der Waals surface area contributed by atoms with E-state index in [9.17, 15) is 4.21 Å². The Morgan fingerprint density at radius 2 is 1.94 bits per heavy atom. The molecule has 1 N–H and O–H groups in total. The number of nitrogens with one attached hydrogen (secondary N) is 1. The highest BCUT2D eigenvalue weighted by Crippen LogP contribution is 2.20. The molecule has 0 fully saturated rings. The molecular formula is C12H17NO2S. The Morgan fingerprint density at radius 1 is 1.38 bits per heavy atom. The van der Waals surface area contributed by atoms with Crippen LogP contribution >= 0.6 is 0 Å². The molecule has 0 amide bonds. The van der Waals surface area contributed by atoms with Gasteiger partial charge in [-0.1, -0.05) is 6.58 Å². The highest BCUT2D eigenvalue weighted by Gasteiger charge is 2.14. The van der Waals surface area contributed by atoms with Crippen molar-refractivity contribution >= 4 is 11.0 Å². The Kier molecular flexibility index (Phi) is 4.26. The topological polar surface area (TPSA) is 38.3 Å². The zero-order valence-corrected chi connectivity index (χ0v) is 10.6. The van der Waals surface area contributed by atoms with Crippen molar-refractivity contribution in [1.29, 1.82) is 0 Å². The summed E-state index contributed by atoms with van der Waals surface area (Å²) in [4.78, 5) is 0.728. The van der Waals surface area contributed by atoms with Gasteiger partial charge >= 0.3 is 0 Å². The van der Waals surface area contributed by atoms with Gasteiger partial charge in [0.25, 0.3) is 0 Å². The van der Waals surface area contributed by atoms with Gasteiger partial charge in [-0.2, -0.15) is 0 Å². The van der Waals surface area contributed by atoms with Crippen LogP contribution < -0.4 is 9.46 Å². The first-order chi connectivity index (χ1) is 7.48. The molecule has 0 aliphatic heterocycles. The van der Waals surface area contributed by atoms with Crippen molar-refractivity contribution in [2.45, 2.75) is 24.3 Å². The van der Waals surface area contributed by atoms with Crippen LogP contribution in [0.15, 0.2) is 41.8 Å². The van der Waals surface area contributed by atoms with Crippen molar-refractivity contribution in [2.75, 3.05) is 7.05 Å². The van der Waals surface area contributed by atoms with Crippen molar-refractivity contribution < 1.29 is 8.95 Å². The maximum Gasteiger partial charge on any atom is 0.124 e. The van der Waals surface area contributed by atoms with Crippen LogP contribution in [0.4, 0.5) is 0 Å². The second kappa shape index (κ2) is 5.27. The molecule has 4 heteroatoms. The minimum atomic E-state index is -1.15. The molecule has 0 saturated carbocycles. The van der Waals surface area contributed by atoms with Crippen LogP contribution in [0.25, 0.3) is 0 Å². The molecule has 88 valence electrons. The number of hydrogen-bond donors (Lipinski definition) is 1. The van der Waals surface area contributed by atoms with E-state index in [-0.39, 0.29) is 0 Å². The van der Waals surface area contributed by atoms with Gasteiger partial charge in [-0.15, -0.1) is 0 Å². The van der Waals surface area contributed by atoms with E-state index in [2.05, 4.69) is 11.3 Å². The Hall–Kier alpha value is -1.13. The molecule has 1 atom stereocenters. The first kappa shape index (κ1) is 12.9. The van der Waals surface area contributed by atoms with Crippen molar-refractivity contribution in [3.8, 4) is 5.75 Å². The maximum absolute atomic E-state index is 11.4. The molecule has 0 radical (unpaired) electrons. The molecule has 0 spiro atoms. The smallest absolute Gasteiger partial charge is 0.124 e. The molecule has 0 aliphatic rings. The number of ether oxygens (including phenoxy) is 1. The van der Waals surface area contributed by atoms with Gasteiger partial charge in [0.05, 0.1) is 4.90 Å². The molecule has 0 bridgehead atoms. The molecule has 0 aromatic heterocycles. The van der Waals surface area contributed by atoms with Crippen molar-refractivity contribution in [1.82, 2.24) is 4.72 Å². The predicted octanol–water partition coefficient (Wildman–Crippen LogP) is 2.27. The number of hydrogen-bond acceptors (Lipinski definition) is 2. The van der Waals surface area contributed by atoms with Gasteiger partial charge in [-0.25, -0.2) is 8.93 Å². The van der Waals surface area contributed by atoms with Crippen LogP contribution in [-0.2, 0) is 11.0 Å². The Balaban J connectivity index is 2.79. The van der Waals surface area contributed by atoms with Crippen LogP contribution in [0.1, 0.15) is 13.8 Å². The van der Waals surface area contributed by atoms with E-state index >= 15 is 0 Å². The lowest BCUT2D eigenvalue weighted by atomic mass is 10.1. The first-order valence-electron chi connectivity index (χ1n) is 5.00. The van der Waals surface area contributed by atoms with Gasteiger partial charge in [0, 0.05) is 0 Å². The summed E-state index contributed by atoms with van der Waals surface area (Å²) in [6.07, 6.45) is 1.74. The summed E-state index contributed by atoms with van der Waals surface area (Å²) in [5, 5.41) is 0. The quantitative estimate of drug-likeness (QED) is 0.800. The van der Waals surface area contributed by atoms with E-state index in [1.165, 1.54) is 0 Å². The molecule has 0 aliphatic carbocycles. The lowest BCUT2D eigenvalue weighted by Crippen LogP contribution is -2.24. The lowest BCUT2D eigenvalue weighted by molar-refractivity contribution is 0.162. The van der Waals surface area contributed by atoms with E-state index < -0.39 is 16.6 Å². The van der Waals surface area contributed by atoms with Crippen LogP contribution in [0.2, 0.25) is 0 Å². The second-order valence-electron chi connectivity index (χ2n) is 3.85. The fourth-order valence-corrected chi connectivity index (χ4v) is 1.71. The van der Waals surface area contributed by atoms with Gasteiger partial charge in [0.1, 0.15) is 22.3 Å². The lowest BCUT2D eigenvalue weighted by Gasteiger charge is -2.22. The molecule has 1 aromatic carbocycles. The third-order valence-corrected chi connectivity index (χ3v) is 3.17. The third kappa shape index (κ3) is 3.47. The zero-order valence-electron chi connectivity index (χ0n) is 9.82. The summed E-state index contributed by atoms with van der Waals surface area (Å²) < 4.78 is 19.8. The summed E-state index contributed by atoms with van der Waals surface area (Å²) in [7, 11) is 0.505. The summed E-state index contributed by atoms with van der Waals surface area (Å²) >= 11 is 0. The summed E-state index contributed by atoms with van der Waals surface area (Å²) in [6.45, 7) is 7.56. The molecule has 1 rings (SSSR count). The predicted molar refractivity (Wildman–Crippen MR) is 66.8 cm³/mol. The van der Waals surface area contributed by atoms with Gasteiger partial charge in [-0.05, 0) is 51.2 Å². The van der Waals surface area contributed by atoms with E-state index in [1.54, 1.807) is 37.4 Å². The van der Waals surface area contributed by atoms with Crippen LogP contribution in [0.3, 0.4) is 0 Å². The molecule has 0 saturated heterocycles. The average molecular weight is 239 g/mol. The number of rotatable bonds is 5. The Labute approximate surface area is 99.1 Å². The minimum Gasteiger partial charge on any atom is -0.484 e. The van der Waals surface area contributed by atoms with E-state index in [0.29, 0.717) is 0 Å². The average Bonchev–Trinajstić information content (AvgIpc) is 2.28. The largest absolute Gasteiger partial charge is 0.484 e.